The van der Waals surface area contributed by atoms with Crippen LogP contribution < -0.4 is 5.32 Å². The monoisotopic (exact) mass is 456 g/mol. The zero-order valence-electron chi connectivity index (χ0n) is 20.0. The number of fused-ring (bicyclic) bond motifs is 1. The molecule has 5 rings (SSSR count). The highest BCUT2D eigenvalue weighted by atomic mass is 16.3. The molecule has 2 N–H and O–H groups in total. The highest BCUT2D eigenvalue weighted by Crippen LogP contribution is 2.38. The Morgan fingerprint density at radius 1 is 0.829 bits per heavy atom. The van der Waals surface area contributed by atoms with E-state index in [1.165, 1.54) is 5.56 Å². The molecule has 0 spiro atoms. The summed E-state index contributed by atoms with van der Waals surface area (Å²) < 4.78 is 0. The molecule has 2 unspecified atom stereocenters. The first-order chi connectivity index (χ1) is 16.9. The molecule has 0 radical (unpaired) electrons. The van der Waals surface area contributed by atoms with E-state index in [4.69, 9.17) is 4.99 Å². The lowest BCUT2D eigenvalue weighted by Gasteiger charge is -2.38. The molecule has 1 aliphatic rings. The van der Waals surface area contributed by atoms with Gasteiger partial charge in [-0.3, -0.25) is 4.99 Å². The SMILES string of the molecule is CC(O)(C#Cc1ccccc1N=C1CC(C)(c2ccccc2)Nc2ccccc21)c1ccccc1. The van der Waals surface area contributed by atoms with E-state index in [-0.39, 0.29) is 5.54 Å². The van der Waals surface area contributed by atoms with Crippen molar-refractivity contribution >= 4 is 17.1 Å². The van der Waals surface area contributed by atoms with E-state index in [1.54, 1.807) is 6.92 Å². The number of nitrogens with zero attached hydrogens (tertiary/aromatic N) is 1. The molecule has 0 fully saturated rings. The Kier molecular flexibility index (Phi) is 5.99. The van der Waals surface area contributed by atoms with Crippen molar-refractivity contribution in [1.29, 1.82) is 0 Å². The predicted molar refractivity (Wildman–Crippen MR) is 144 cm³/mol. The van der Waals surface area contributed by atoms with E-state index < -0.39 is 5.60 Å². The van der Waals surface area contributed by atoms with Crippen LogP contribution in [-0.4, -0.2) is 10.8 Å². The van der Waals surface area contributed by atoms with Gasteiger partial charge in [0.05, 0.1) is 22.5 Å². The van der Waals surface area contributed by atoms with Crippen LogP contribution in [0.5, 0.6) is 0 Å². The van der Waals surface area contributed by atoms with Crippen LogP contribution in [0, 0.1) is 11.8 Å². The van der Waals surface area contributed by atoms with Crippen LogP contribution >= 0.6 is 0 Å². The zero-order chi connectivity index (χ0) is 24.3. The smallest absolute Gasteiger partial charge is 0.148 e. The summed E-state index contributed by atoms with van der Waals surface area (Å²) in [4.78, 5) is 5.15. The molecular formula is C32H28N2O. The Labute approximate surface area is 207 Å². The first kappa shape index (κ1) is 22.7. The largest absolute Gasteiger partial charge is 0.375 e. The van der Waals surface area contributed by atoms with Crippen LogP contribution in [0.4, 0.5) is 11.4 Å². The van der Waals surface area contributed by atoms with Gasteiger partial charge in [-0.25, -0.2) is 0 Å². The zero-order valence-corrected chi connectivity index (χ0v) is 20.0. The molecule has 3 heteroatoms. The number of nitrogens with one attached hydrogen (secondary N) is 1. The highest BCUT2D eigenvalue weighted by Gasteiger charge is 2.34. The van der Waals surface area contributed by atoms with Gasteiger partial charge in [-0.15, -0.1) is 0 Å². The van der Waals surface area contributed by atoms with Gasteiger partial charge >= 0.3 is 0 Å². The first-order valence-corrected chi connectivity index (χ1v) is 11.9. The summed E-state index contributed by atoms with van der Waals surface area (Å²) in [6.07, 6.45) is 0.734. The van der Waals surface area contributed by atoms with Crippen molar-refractivity contribution < 1.29 is 5.11 Å². The topological polar surface area (TPSA) is 44.6 Å². The fourth-order valence-corrected chi connectivity index (χ4v) is 4.54. The number of rotatable bonds is 3. The van der Waals surface area contributed by atoms with E-state index in [0.29, 0.717) is 0 Å². The average molecular weight is 457 g/mol. The van der Waals surface area contributed by atoms with E-state index in [1.807, 2.05) is 72.8 Å². The molecule has 4 aromatic rings. The van der Waals surface area contributed by atoms with Gasteiger partial charge in [0.25, 0.3) is 0 Å². The predicted octanol–water partition coefficient (Wildman–Crippen LogP) is 6.80. The fraction of sp³-hybridized carbons (Fsp3) is 0.156. The van der Waals surface area contributed by atoms with Gasteiger partial charge in [0.1, 0.15) is 5.60 Å². The number of aliphatic imine (C=N–C) groups is 1. The van der Waals surface area contributed by atoms with Crippen molar-refractivity contribution in [2.75, 3.05) is 5.32 Å². The third-order valence-electron chi connectivity index (χ3n) is 6.52. The van der Waals surface area contributed by atoms with Crippen LogP contribution in [0.25, 0.3) is 0 Å². The Morgan fingerprint density at radius 3 is 2.23 bits per heavy atom. The summed E-state index contributed by atoms with van der Waals surface area (Å²) in [6, 6.07) is 36.2. The minimum atomic E-state index is -1.26. The molecule has 3 nitrogen and oxygen atoms in total. The van der Waals surface area contributed by atoms with Gasteiger partial charge in [-0.2, -0.15) is 0 Å². The fourth-order valence-electron chi connectivity index (χ4n) is 4.54. The van der Waals surface area contributed by atoms with Gasteiger partial charge < -0.3 is 10.4 Å². The van der Waals surface area contributed by atoms with E-state index >= 15 is 0 Å². The van der Waals surface area contributed by atoms with E-state index in [9.17, 15) is 5.11 Å². The first-order valence-electron chi connectivity index (χ1n) is 11.9. The standard InChI is InChI=1S/C32H28N2O/c1-31(25-14-5-3-6-15-25)23-30(27-18-10-12-20-29(27)34-31)33-28-19-11-9-13-24(28)21-22-32(2,35)26-16-7-4-8-17-26/h3-20,34-35H,23H2,1-2H3. The van der Waals surface area contributed by atoms with Gasteiger partial charge in [0, 0.05) is 17.7 Å². The molecule has 0 saturated carbocycles. The highest BCUT2D eigenvalue weighted by molar-refractivity contribution is 6.09. The third kappa shape index (κ3) is 4.75. The molecule has 0 aromatic heterocycles. The summed E-state index contributed by atoms with van der Waals surface area (Å²) in [5, 5.41) is 14.7. The lowest BCUT2D eigenvalue weighted by Crippen LogP contribution is -2.39. The molecule has 1 aliphatic heterocycles. The Balaban J connectivity index is 1.56. The van der Waals surface area contributed by atoms with Crippen LogP contribution in [0.3, 0.4) is 0 Å². The quantitative estimate of drug-likeness (QED) is 0.333. The maximum absolute atomic E-state index is 11.0. The number of hydrogen-bond donors (Lipinski definition) is 2. The summed E-state index contributed by atoms with van der Waals surface area (Å²) in [6.45, 7) is 3.94. The molecule has 0 saturated heterocycles. The molecule has 4 aromatic carbocycles. The van der Waals surface area contributed by atoms with E-state index in [2.05, 4.69) is 60.5 Å². The number of aliphatic hydroxyl groups is 1. The average Bonchev–Trinajstić information content (AvgIpc) is 2.89. The van der Waals surface area contributed by atoms with E-state index in [0.717, 1.165) is 40.2 Å². The van der Waals surface area contributed by atoms with Gasteiger partial charge in [0.15, 0.2) is 0 Å². The number of para-hydroxylation sites is 2. The number of hydrogen-bond acceptors (Lipinski definition) is 3. The molecule has 0 aliphatic carbocycles. The van der Waals surface area contributed by atoms with Crippen molar-refractivity contribution in [1.82, 2.24) is 0 Å². The maximum atomic E-state index is 11.0. The second kappa shape index (κ2) is 9.25. The van der Waals surface area contributed by atoms with Crippen molar-refractivity contribution in [2.45, 2.75) is 31.4 Å². The van der Waals surface area contributed by atoms with Crippen LogP contribution in [0.1, 0.15) is 42.5 Å². The minimum Gasteiger partial charge on any atom is -0.375 e. The molecule has 1 heterocycles. The normalized spacial score (nSPS) is 19.6. The van der Waals surface area contributed by atoms with Crippen molar-refractivity contribution in [3.8, 4) is 11.8 Å². The Hall–Kier alpha value is -4.13. The molecule has 35 heavy (non-hydrogen) atoms. The summed E-state index contributed by atoms with van der Waals surface area (Å²) in [5.74, 6) is 6.25. The molecular weight excluding hydrogens is 428 g/mol. The van der Waals surface area contributed by atoms with Crippen LogP contribution in [-0.2, 0) is 11.1 Å². The summed E-state index contributed by atoms with van der Waals surface area (Å²) in [7, 11) is 0. The van der Waals surface area contributed by atoms with Crippen molar-refractivity contribution in [3.05, 3.63) is 131 Å². The van der Waals surface area contributed by atoms with Gasteiger partial charge in [-0.1, -0.05) is 103 Å². The maximum Gasteiger partial charge on any atom is 0.148 e. The van der Waals surface area contributed by atoms with Gasteiger partial charge in [0.2, 0.25) is 0 Å². The molecule has 172 valence electrons. The van der Waals surface area contributed by atoms with Crippen molar-refractivity contribution in [3.63, 3.8) is 0 Å². The van der Waals surface area contributed by atoms with Crippen LogP contribution in [0.15, 0.2) is 114 Å². The molecule has 0 bridgehead atoms. The minimum absolute atomic E-state index is 0.286. The summed E-state index contributed by atoms with van der Waals surface area (Å²) >= 11 is 0. The second-order valence-electron chi connectivity index (χ2n) is 9.31. The molecule has 0 amide bonds. The molecule has 2 atom stereocenters. The number of benzene rings is 4. The van der Waals surface area contributed by atoms with Gasteiger partial charge in [-0.05, 0) is 43.2 Å². The lowest BCUT2D eigenvalue weighted by molar-refractivity contribution is 0.122. The van der Waals surface area contributed by atoms with Crippen LogP contribution in [0.2, 0.25) is 0 Å². The van der Waals surface area contributed by atoms with Crippen molar-refractivity contribution in [2.24, 2.45) is 4.99 Å². The third-order valence-corrected chi connectivity index (χ3v) is 6.52. The number of anilines is 1. The Bertz CT molecular complexity index is 1430. The Morgan fingerprint density at radius 2 is 1.46 bits per heavy atom. The summed E-state index contributed by atoms with van der Waals surface area (Å²) in [5.41, 5.74) is 5.20. The second-order valence-corrected chi connectivity index (χ2v) is 9.31. The lowest BCUT2D eigenvalue weighted by atomic mass is 9.81.